The Morgan fingerprint density at radius 1 is 1.09 bits per heavy atom. The maximum absolute atomic E-state index is 11.8. The van der Waals surface area contributed by atoms with Gasteiger partial charge in [0.05, 0.1) is 24.6 Å². The third kappa shape index (κ3) is 5.57. The Morgan fingerprint density at radius 3 is 2.52 bits per heavy atom. The fourth-order valence-corrected chi connectivity index (χ4v) is 2.17. The SMILES string of the molecule is N#Cc1cccc(NC(=O)CNC(=O)Cc2ccc(Br)cc2)c1. The van der Waals surface area contributed by atoms with E-state index >= 15 is 0 Å². The molecule has 0 fully saturated rings. The van der Waals surface area contributed by atoms with Gasteiger partial charge in [0.15, 0.2) is 0 Å². The van der Waals surface area contributed by atoms with Crippen LogP contribution in [-0.2, 0) is 16.0 Å². The van der Waals surface area contributed by atoms with Crippen molar-refractivity contribution < 1.29 is 9.59 Å². The minimum atomic E-state index is -0.343. The minimum absolute atomic E-state index is 0.119. The molecule has 0 saturated carbocycles. The van der Waals surface area contributed by atoms with Crippen LogP contribution in [0.2, 0.25) is 0 Å². The number of halogens is 1. The lowest BCUT2D eigenvalue weighted by Crippen LogP contribution is -2.33. The second kappa shape index (κ2) is 8.11. The Balaban J connectivity index is 1.80. The number of carbonyl (C=O) groups excluding carboxylic acids is 2. The Morgan fingerprint density at radius 2 is 1.83 bits per heavy atom. The number of rotatable bonds is 5. The first-order valence-corrected chi connectivity index (χ1v) is 7.67. The molecule has 0 aliphatic heterocycles. The molecular weight excluding hydrogens is 358 g/mol. The maximum Gasteiger partial charge on any atom is 0.243 e. The maximum atomic E-state index is 11.8. The predicted octanol–water partition coefficient (Wildman–Crippen LogP) is 2.62. The van der Waals surface area contributed by atoms with Gasteiger partial charge in [-0.2, -0.15) is 5.26 Å². The van der Waals surface area contributed by atoms with Crippen molar-refractivity contribution in [2.45, 2.75) is 6.42 Å². The summed E-state index contributed by atoms with van der Waals surface area (Å²) in [6, 6.07) is 16.0. The molecule has 23 heavy (non-hydrogen) atoms. The highest BCUT2D eigenvalue weighted by molar-refractivity contribution is 9.10. The minimum Gasteiger partial charge on any atom is -0.347 e. The second-order valence-corrected chi connectivity index (χ2v) is 5.74. The fourth-order valence-electron chi connectivity index (χ4n) is 1.90. The number of nitrogens with one attached hydrogen (secondary N) is 2. The van der Waals surface area contributed by atoms with Gasteiger partial charge in [-0.1, -0.05) is 34.1 Å². The van der Waals surface area contributed by atoms with Crippen LogP contribution in [0.15, 0.2) is 53.0 Å². The zero-order valence-corrected chi connectivity index (χ0v) is 13.8. The van der Waals surface area contributed by atoms with E-state index in [4.69, 9.17) is 5.26 Å². The van der Waals surface area contributed by atoms with Crippen molar-refractivity contribution in [1.29, 1.82) is 5.26 Å². The quantitative estimate of drug-likeness (QED) is 0.847. The van der Waals surface area contributed by atoms with Gasteiger partial charge in [0.2, 0.25) is 11.8 Å². The molecule has 116 valence electrons. The Bertz CT molecular complexity index is 751. The molecule has 0 bridgehead atoms. The van der Waals surface area contributed by atoms with E-state index in [9.17, 15) is 9.59 Å². The van der Waals surface area contributed by atoms with E-state index in [-0.39, 0.29) is 24.8 Å². The van der Waals surface area contributed by atoms with Crippen LogP contribution in [0, 0.1) is 11.3 Å². The van der Waals surface area contributed by atoms with E-state index in [2.05, 4.69) is 26.6 Å². The molecule has 5 nitrogen and oxygen atoms in total. The van der Waals surface area contributed by atoms with Crippen LogP contribution in [0.5, 0.6) is 0 Å². The number of nitrogens with zero attached hydrogens (tertiary/aromatic N) is 1. The van der Waals surface area contributed by atoms with Gasteiger partial charge in [-0.25, -0.2) is 0 Å². The van der Waals surface area contributed by atoms with E-state index in [1.807, 2.05) is 30.3 Å². The molecule has 2 N–H and O–H groups in total. The third-order valence-electron chi connectivity index (χ3n) is 3.00. The molecule has 2 aromatic rings. The van der Waals surface area contributed by atoms with Crippen LogP contribution < -0.4 is 10.6 Å². The normalized spacial score (nSPS) is 9.74. The average Bonchev–Trinajstić information content (AvgIpc) is 2.55. The first kappa shape index (κ1) is 16.7. The predicted molar refractivity (Wildman–Crippen MR) is 90.6 cm³/mol. The number of hydrogen-bond acceptors (Lipinski definition) is 3. The van der Waals surface area contributed by atoms with Crippen LogP contribution in [-0.4, -0.2) is 18.4 Å². The molecule has 2 aromatic carbocycles. The van der Waals surface area contributed by atoms with Gasteiger partial charge in [0, 0.05) is 10.2 Å². The fraction of sp³-hybridized carbons (Fsp3) is 0.118. The lowest BCUT2D eigenvalue weighted by atomic mass is 10.1. The average molecular weight is 372 g/mol. The molecule has 0 saturated heterocycles. The third-order valence-corrected chi connectivity index (χ3v) is 3.53. The van der Waals surface area contributed by atoms with Crippen molar-refractivity contribution in [3.8, 4) is 6.07 Å². The summed E-state index contributed by atoms with van der Waals surface area (Å²) >= 11 is 3.33. The van der Waals surface area contributed by atoms with Gasteiger partial charge < -0.3 is 10.6 Å². The van der Waals surface area contributed by atoms with E-state index in [1.54, 1.807) is 24.3 Å². The van der Waals surface area contributed by atoms with Crippen molar-refractivity contribution in [2.24, 2.45) is 0 Å². The molecule has 2 rings (SSSR count). The summed E-state index contributed by atoms with van der Waals surface area (Å²) < 4.78 is 0.945. The van der Waals surface area contributed by atoms with Crippen LogP contribution >= 0.6 is 15.9 Å². The number of amides is 2. The lowest BCUT2D eigenvalue weighted by Gasteiger charge is -2.07. The Hall–Kier alpha value is -2.65. The van der Waals surface area contributed by atoms with Gasteiger partial charge >= 0.3 is 0 Å². The van der Waals surface area contributed by atoms with Crippen LogP contribution in [0.4, 0.5) is 5.69 Å². The number of nitriles is 1. The van der Waals surface area contributed by atoms with E-state index in [1.165, 1.54) is 0 Å². The highest BCUT2D eigenvalue weighted by atomic mass is 79.9. The zero-order valence-electron chi connectivity index (χ0n) is 12.2. The highest BCUT2D eigenvalue weighted by Crippen LogP contribution is 2.11. The van der Waals surface area contributed by atoms with Gasteiger partial charge in [-0.3, -0.25) is 9.59 Å². The van der Waals surface area contributed by atoms with E-state index < -0.39 is 0 Å². The summed E-state index contributed by atoms with van der Waals surface area (Å²) in [6.07, 6.45) is 0.213. The number of hydrogen-bond donors (Lipinski definition) is 2. The molecule has 0 atom stereocenters. The Kier molecular flexibility index (Phi) is 5.89. The van der Waals surface area contributed by atoms with Crippen LogP contribution in [0.3, 0.4) is 0 Å². The number of carbonyl (C=O) groups is 2. The Labute approximate surface area is 142 Å². The largest absolute Gasteiger partial charge is 0.347 e. The summed E-state index contributed by atoms with van der Waals surface area (Å²) in [4.78, 5) is 23.6. The molecule has 0 radical (unpaired) electrons. The smallest absolute Gasteiger partial charge is 0.243 e. The van der Waals surface area contributed by atoms with Crippen molar-refractivity contribution in [3.63, 3.8) is 0 Å². The molecule has 0 aliphatic carbocycles. The standard InChI is InChI=1S/C17H14BrN3O2/c18-14-6-4-12(5-7-14)9-16(22)20-11-17(23)21-15-3-1-2-13(8-15)10-19/h1-8H,9,11H2,(H,20,22)(H,21,23). The summed E-state index contributed by atoms with van der Waals surface area (Å²) in [5, 5.41) is 14.0. The molecule has 0 spiro atoms. The monoisotopic (exact) mass is 371 g/mol. The van der Waals surface area contributed by atoms with Crippen molar-refractivity contribution in [3.05, 3.63) is 64.1 Å². The molecule has 0 aromatic heterocycles. The topological polar surface area (TPSA) is 82.0 Å². The number of anilines is 1. The highest BCUT2D eigenvalue weighted by Gasteiger charge is 2.07. The lowest BCUT2D eigenvalue weighted by molar-refractivity contribution is -0.123. The summed E-state index contributed by atoms with van der Waals surface area (Å²) in [5.74, 6) is -0.572. The van der Waals surface area contributed by atoms with E-state index in [0.717, 1.165) is 10.0 Å². The molecule has 6 heteroatoms. The van der Waals surface area contributed by atoms with Crippen LogP contribution in [0.1, 0.15) is 11.1 Å². The van der Waals surface area contributed by atoms with Crippen molar-refractivity contribution in [2.75, 3.05) is 11.9 Å². The number of benzene rings is 2. The summed E-state index contributed by atoms with van der Waals surface area (Å²) in [7, 11) is 0. The van der Waals surface area contributed by atoms with Crippen molar-refractivity contribution in [1.82, 2.24) is 5.32 Å². The van der Waals surface area contributed by atoms with Gasteiger partial charge in [0.1, 0.15) is 0 Å². The summed E-state index contributed by atoms with van der Waals surface area (Å²) in [6.45, 7) is -0.119. The van der Waals surface area contributed by atoms with Crippen molar-refractivity contribution >= 4 is 33.4 Å². The second-order valence-electron chi connectivity index (χ2n) is 4.82. The van der Waals surface area contributed by atoms with Gasteiger partial charge in [-0.15, -0.1) is 0 Å². The molecule has 0 aliphatic rings. The molecule has 0 unspecified atom stereocenters. The van der Waals surface area contributed by atoms with E-state index in [0.29, 0.717) is 11.3 Å². The van der Waals surface area contributed by atoms with Gasteiger partial charge in [-0.05, 0) is 35.9 Å². The van der Waals surface area contributed by atoms with Gasteiger partial charge in [0.25, 0.3) is 0 Å². The zero-order chi connectivity index (χ0) is 16.7. The molecule has 2 amide bonds. The molecular formula is C17H14BrN3O2. The van der Waals surface area contributed by atoms with Crippen LogP contribution in [0.25, 0.3) is 0 Å². The summed E-state index contributed by atoms with van der Waals surface area (Å²) in [5.41, 5.74) is 1.85. The first-order valence-electron chi connectivity index (χ1n) is 6.88. The first-order chi connectivity index (χ1) is 11.1. The molecule has 0 heterocycles.